The molecule has 0 radical (unpaired) electrons. The number of rotatable bonds is 7. The predicted molar refractivity (Wildman–Crippen MR) is 107 cm³/mol. The maximum atomic E-state index is 12.6. The number of methoxy groups -OCH3 is 1. The number of hydrogen-bond acceptors (Lipinski definition) is 4. The van der Waals surface area contributed by atoms with Crippen molar-refractivity contribution in [3.05, 3.63) is 29.8 Å². The van der Waals surface area contributed by atoms with Crippen molar-refractivity contribution in [3.8, 4) is 5.75 Å². The van der Waals surface area contributed by atoms with Gasteiger partial charge in [-0.05, 0) is 62.4 Å². The molecule has 2 amide bonds. The fraction of sp³-hybridized carbons (Fsp3) is 0.600. The summed E-state index contributed by atoms with van der Waals surface area (Å²) in [7, 11) is 1.64. The summed E-state index contributed by atoms with van der Waals surface area (Å²) < 4.78 is 5.16. The first-order valence-corrected chi connectivity index (χ1v) is 9.57. The number of amides is 2. The molecular formula is C20H30ClN3O3. The number of nitrogens with one attached hydrogen (secondary N) is 2. The molecule has 0 aromatic heterocycles. The highest BCUT2D eigenvalue weighted by Crippen LogP contribution is 2.19. The molecule has 7 heteroatoms. The van der Waals surface area contributed by atoms with E-state index in [0.717, 1.165) is 43.7 Å². The minimum atomic E-state index is -0.367. The number of piperidine rings is 1. The molecule has 1 unspecified atom stereocenters. The maximum absolute atomic E-state index is 12.6. The van der Waals surface area contributed by atoms with Crippen molar-refractivity contribution in [2.45, 2.75) is 44.7 Å². The van der Waals surface area contributed by atoms with Gasteiger partial charge in [-0.25, -0.2) is 0 Å². The van der Waals surface area contributed by atoms with Crippen LogP contribution in [-0.4, -0.2) is 49.5 Å². The van der Waals surface area contributed by atoms with Crippen LogP contribution >= 0.6 is 12.4 Å². The topological polar surface area (TPSA) is 70.7 Å². The Labute approximate surface area is 167 Å². The van der Waals surface area contributed by atoms with Crippen LogP contribution in [0.3, 0.4) is 0 Å². The normalized spacial score (nSPS) is 20.3. The lowest BCUT2D eigenvalue weighted by atomic mass is 9.93. The highest BCUT2D eigenvalue weighted by molar-refractivity contribution is 5.89. The Kier molecular flexibility index (Phi) is 8.38. The number of halogens is 1. The van der Waals surface area contributed by atoms with E-state index in [1.165, 1.54) is 0 Å². The first kappa shape index (κ1) is 21.5. The van der Waals surface area contributed by atoms with Crippen molar-refractivity contribution in [1.82, 2.24) is 15.5 Å². The van der Waals surface area contributed by atoms with E-state index in [4.69, 9.17) is 4.74 Å². The first-order chi connectivity index (χ1) is 12.7. The quantitative estimate of drug-likeness (QED) is 0.741. The standard InChI is InChI=1S/C20H29N3O3.ClH/c1-26-17-5-2-16(3-6-17)14-23-13-10-18(20(23)25)22-19(24)7-4-15-8-11-21-12-9-15;/h2-3,5-6,15,18,21H,4,7-14H2,1H3,(H,22,24);1H. The van der Waals surface area contributed by atoms with Gasteiger partial charge in [-0.2, -0.15) is 0 Å². The van der Waals surface area contributed by atoms with Crippen LogP contribution in [0.25, 0.3) is 0 Å². The number of nitrogens with zero attached hydrogens (tertiary/aromatic N) is 1. The summed E-state index contributed by atoms with van der Waals surface area (Å²) in [5, 5.41) is 6.28. The molecule has 1 aromatic carbocycles. The minimum absolute atomic E-state index is 0. The Morgan fingerprint density at radius 1 is 1.22 bits per heavy atom. The monoisotopic (exact) mass is 395 g/mol. The molecule has 2 fully saturated rings. The van der Waals surface area contributed by atoms with Gasteiger partial charge in [0.15, 0.2) is 0 Å². The molecule has 1 aromatic rings. The number of hydrogen-bond donors (Lipinski definition) is 2. The van der Waals surface area contributed by atoms with E-state index in [-0.39, 0.29) is 30.3 Å². The first-order valence-electron chi connectivity index (χ1n) is 9.57. The molecule has 0 aliphatic carbocycles. The number of carbonyl (C=O) groups excluding carboxylic acids is 2. The second kappa shape index (κ2) is 10.5. The molecule has 1 atom stereocenters. The van der Waals surface area contributed by atoms with Gasteiger partial charge < -0.3 is 20.3 Å². The van der Waals surface area contributed by atoms with Gasteiger partial charge in [-0.1, -0.05) is 12.1 Å². The van der Waals surface area contributed by atoms with Crippen molar-refractivity contribution in [2.75, 3.05) is 26.7 Å². The van der Waals surface area contributed by atoms with Gasteiger partial charge >= 0.3 is 0 Å². The molecule has 2 heterocycles. The molecule has 2 aliphatic heterocycles. The Morgan fingerprint density at radius 2 is 1.93 bits per heavy atom. The number of benzene rings is 1. The summed E-state index contributed by atoms with van der Waals surface area (Å²) in [6, 6.07) is 7.37. The molecule has 0 saturated carbocycles. The van der Waals surface area contributed by atoms with E-state index in [9.17, 15) is 9.59 Å². The van der Waals surface area contributed by atoms with Crippen molar-refractivity contribution < 1.29 is 14.3 Å². The Bertz CT molecular complexity index is 617. The third-order valence-electron chi connectivity index (χ3n) is 5.40. The summed E-state index contributed by atoms with van der Waals surface area (Å²) in [6.45, 7) is 3.36. The van der Waals surface area contributed by atoms with Crippen LogP contribution in [0.2, 0.25) is 0 Å². The molecule has 27 heavy (non-hydrogen) atoms. The summed E-state index contributed by atoms with van der Waals surface area (Å²) in [5.41, 5.74) is 1.07. The second-order valence-corrected chi connectivity index (χ2v) is 7.25. The zero-order valence-electron chi connectivity index (χ0n) is 15.9. The Hall–Kier alpha value is -1.79. The van der Waals surface area contributed by atoms with Gasteiger partial charge in [0.1, 0.15) is 11.8 Å². The third-order valence-corrected chi connectivity index (χ3v) is 5.40. The van der Waals surface area contributed by atoms with E-state index < -0.39 is 0 Å². The van der Waals surface area contributed by atoms with E-state index in [1.54, 1.807) is 7.11 Å². The van der Waals surface area contributed by atoms with Gasteiger partial charge in [0, 0.05) is 19.5 Å². The average Bonchev–Trinajstić information content (AvgIpc) is 3.01. The second-order valence-electron chi connectivity index (χ2n) is 7.25. The lowest BCUT2D eigenvalue weighted by molar-refractivity contribution is -0.133. The van der Waals surface area contributed by atoms with Crippen molar-refractivity contribution in [2.24, 2.45) is 5.92 Å². The fourth-order valence-corrected chi connectivity index (χ4v) is 3.75. The van der Waals surface area contributed by atoms with Gasteiger partial charge in [-0.3, -0.25) is 9.59 Å². The zero-order valence-corrected chi connectivity index (χ0v) is 16.7. The van der Waals surface area contributed by atoms with Crippen LogP contribution < -0.4 is 15.4 Å². The van der Waals surface area contributed by atoms with Crippen LogP contribution in [0.4, 0.5) is 0 Å². The molecule has 2 saturated heterocycles. The Morgan fingerprint density at radius 3 is 2.59 bits per heavy atom. The number of ether oxygens (including phenoxy) is 1. The van der Waals surface area contributed by atoms with E-state index >= 15 is 0 Å². The molecule has 150 valence electrons. The molecular weight excluding hydrogens is 366 g/mol. The van der Waals surface area contributed by atoms with Crippen molar-refractivity contribution >= 4 is 24.2 Å². The fourth-order valence-electron chi connectivity index (χ4n) is 3.75. The van der Waals surface area contributed by atoms with Gasteiger partial charge in [0.25, 0.3) is 0 Å². The predicted octanol–water partition coefficient (Wildman–Crippen LogP) is 2.11. The maximum Gasteiger partial charge on any atom is 0.245 e. The van der Waals surface area contributed by atoms with E-state index in [1.807, 2.05) is 29.2 Å². The van der Waals surface area contributed by atoms with E-state index in [0.29, 0.717) is 31.8 Å². The smallest absolute Gasteiger partial charge is 0.245 e. The Balaban J connectivity index is 0.00000261. The van der Waals surface area contributed by atoms with Crippen LogP contribution in [0, 0.1) is 5.92 Å². The zero-order chi connectivity index (χ0) is 18.4. The summed E-state index contributed by atoms with van der Waals surface area (Å²) in [4.78, 5) is 26.6. The lowest BCUT2D eigenvalue weighted by Crippen LogP contribution is -2.41. The minimum Gasteiger partial charge on any atom is -0.497 e. The van der Waals surface area contributed by atoms with Crippen LogP contribution in [0.5, 0.6) is 5.75 Å². The van der Waals surface area contributed by atoms with Crippen molar-refractivity contribution in [1.29, 1.82) is 0 Å². The molecule has 2 aliphatic rings. The third kappa shape index (κ3) is 6.11. The highest BCUT2D eigenvalue weighted by Gasteiger charge is 2.32. The summed E-state index contributed by atoms with van der Waals surface area (Å²) >= 11 is 0. The van der Waals surface area contributed by atoms with Crippen LogP contribution in [0.15, 0.2) is 24.3 Å². The van der Waals surface area contributed by atoms with Gasteiger partial charge in [0.05, 0.1) is 7.11 Å². The van der Waals surface area contributed by atoms with Crippen LogP contribution in [-0.2, 0) is 16.1 Å². The largest absolute Gasteiger partial charge is 0.497 e. The number of carbonyl (C=O) groups is 2. The molecule has 0 spiro atoms. The van der Waals surface area contributed by atoms with Gasteiger partial charge in [-0.15, -0.1) is 12.4 Å². The van der Waals surface area contributed by atoms with Crippen molar-refractivity contribution in [3.63, 3.8) is 0 Å². The molecule has 6 nitrogen and oxygen atoms in total. The number of likely N-dealkylation sites (tertiary alicyclic amines) is 1. The summed E-state index contributed by atoms with van der Waals surface area (Å²) in [5.74, 6) is 1.47. The lowest BCUT2D eigenvalue weighted by Gasteiger charge is -2.22. The van der Waals surface area contributed by atoms with Crippen LogP contribution in [0.1, 0.15) is 37.7 Å². The van der Waals surface area contributed by atoms with Gasteiger partial charge in [0.2, 0.25) is 11.8 Å². The van der Waals surface area contributed by atoms with E-state index in [2.05, 4.69) is 10.6 Å². The molecule has 2 N–H and O–H groups in total. The summed E-state index contributed by atoms with van der Waals surface area (Å²) in [6.07, 6.45) is 4.42. The SMILES string of the molecule is COc1ccc(CN2CCC(NC(=O)CCC3CCNCC3)C2=O)cc1.Cl. The average molecular weight is 396 g/mol. The highest BCUT2D eigenvalue weighted by atomic mass is 35.5. The molecule has 3 rings (SSSR count). The molecule has 0 bridgehead atoms.